The van der Waals surface area contributed by atoms with Crippen LogP contribution in [0.4, 0.5) is 16.3 Å². The van der Waals surface area contributed by atoms with E-state index < -0.39 is 29.9 Å². The molecule has 0 aliphatic rings. The summed E-state index contributed by atoms with van der Waals surface area (Å²) in [5.41, 5.74) is 1.63. The lowest BCUT2D eigenvalue weighted by atomic mass is 9.97. The normalized spacial score (nSPS) is 12.0. The van der Waals surface area contributed by atoms with E-state index in [2.05, 4.69) is 26.3 Å². The quantitative estimate of drug-likeness (QED) is 0.189. The molecule has 3 aromatic rings. The predicted molar refractivity (Wildman–Crippen MR) is 161 cm³/mol. The lowest BCUT2D eigenvalue weighted by Crippen LogP contribution is -2.49. The minimum absolute atomic E-state index is 0.00564. The first-order valence-corrected chi connectivity index (χ1v) is 13.7. The summed E-state index contributed by atoms with van der Waals surface area (Å²) < 4.78 is 10.5. The summed E-state index contributed by atoms with van der Waals surface area (Å²) in [5.74, 6) is -1.69. The molecule has 0 aliphatic heterocycles. The number of urea groups is 1. The van der Waals surface area contributed by atoms with Gasteiger partial charge in [-0.3, -0.25) is 19.7 Å². The summed E-state index contributed by atoms with van der Waals surface area (Å²) in [6.07, 6.45) is 1.93. The van der Waals surface area contributed by atoms with E-state index in [1.807, 2.05) is 13.8 Å². The number of methoxy groups -OCH3 is 2. The Balaban J connectivity index is 1.58. The Hall–Kier alpha value is -5.13. The van der Waals surface area contributed by atoms with E-state index >= 15 is 0 Å². The van der Waals surface area contributed by atoms with Crippen LogP contribution in [0.3, 0.4) is 0 Å². The maximum atomic E-state index is 13.1. The van der Waals surface area contributed by atoms with Gasteiger partial charge in [-0.2, -0.15) is 0 Å². The number of carboxylic acids is 1. The number of aromatic nitrogens is 1. The van der Waals surface area contributed by atoms with Crippen LogP contribution in [0.25, 0.3) is 0 Å². The molecule has 12 nitrogen and oxygen atoms in total. The lowest BCUT2D eigenvalue weighted by molar-refractivity contribution is -0.139. The largest absolute Gasteiger partial charge is 0.493 e. The van der Waals surface area contributed by atoms with Crippen LogP contribution >= 0.6 is 0 Å². The van der Waals surface area contributed by atoms with Crippen LogP contribution in [0.2, 0.25) is 0 Å². The van der Waals surface area contributed by atoms with Crippen molar-refractivity contribution in [1.29, 1.82) is 0 Å². The van der Waals surface area contributed by atoms with Gasteiger partial charge in [-0.05, 0) is 59.9 Å². The highest BCUT2D eigenvalue weighted by Gasteiger charge is 2.26. The SMILES string of the molecule is COc1ccc(C(CNC(=O)[C@H](CC(C)C)NC(=O)Cc2ccc(NC(=O)Nc3ccccn3)cc2)C(=O)O)cc1OC. The van der Waals surface area contributed by atoms with Crippen molar-refractivity contribution < 1.29 is 33.8 Å². The van der Waals surface area contributed by atoms with E-state index in [0.717, 1.165) is 0 Å². The molecule has 43 heavy (non-hydrogen) atoms. The molecule has 1 heterocycles. The van der Waals surface area contributed by atoms with Crippen molar-refractivity contribution in [1.82, 2.24) is 15.6 Å². The molecular weight excluding hydrogens is 554 g/mol. The Labute approximate surface area is 250 Å². The molecule has 3 rings (SSSR count). The zero-order chi connectivity index (χ0) is 31.4. The molecule has 0 bridgehead atoms. The van der Waals surface area contributed by atoms with Gasteiger partial charge in [-0.15, -0.1) is 0 Å². The molecule has 5 N–H and O–H groups in total. The van der Waals surface area contributed by atoms with E-state index in [1.165, 1.54) is 14.2 Å². The summed E-state index contributed by atoms with van der Waals surface area (Å²) in [5, 5.41) is 20.6. The summed E-state index contributed by atoms with van der Waals surface area (Å²) in [6.45, 7) is 3.66. The number of hydrogen-bond acceptors (Lipinski definition) is 7. The van der Waals surface area contributed by atoms with Gasteiger partial charge < -0.3 is 30.5 Å². The van der Waals surface area contributed by atoms with Gasteiger partial charge in [0.05, 0.1) is 26.6 Å². The Morgan fingerprint density at radius 1 is 0.907 bits per heavy atom. The number of pyridine rings is 1. The summed E-state index contributed by atoms with van der Waals surface area (Å²) in [7, 11) is 2.93. The molecule has 4 amide bonds. The monoisotopic (exact) mass is 591 g/mol. The first kappa shape index (κ1) is 32.4. The second-order valence-electron chi connectivity index (χ2n) is 10.2. The highest BCUT2D eigenvalue weighted by atomic mass is 16.5. The van der Waals surface area contributed by atoms with Gasteiger partial charge in [0.25, 0.3) is 0 Å². The maximum absolute atomic E-state index is 13.1. The highest BCUT2D eigenvalue weighted by molar-refractivity contribution is 5.99. The van der Waals surface area contributed by atoms with Gasteiger partial charge in [-0.25, -0.2) is 9.78 Å². The topological polar surface area (TPSA) is 168 Å². The van der Waals surface area contributed by atoms with Crippen molar-refractivity contribution in [2.45, 2.75) is 38.6 Å². The molecule has 2 aromatic carbocycles. The van der Waals surface area contributed by atoms with Crippen LogP contribution < -0.4 is 30.7 Å². The first-order chi connectivity index (χ1) is 20.6. The minimum atomic E-state index is -1.12. The van der Waals surface area contributed by atoms with E-state index in [9.17, 15) is 24.3 Å². The van der Waals surface area contributed by atoms with Gasteiger partial charge in [0.1, 0.15) is 11.9 Å². The highest BCUT2D eigenvalue weighted by Crippen LogP contribution is 2.30. The molecule has 0 saturated carbocycles. The van der Waals surface area contributed by atoms with Crippen molar-refractivity contribution in [3.05, 3.63) is 78.0 Å². The standard InChI is InChI=1S/C31H37N5O7/c1-19(2)15-24(29(38)33-18-23(30(39)40)21-10-13-25(42-3)26(17-21)43-4)35-28(37)16-20-8-11-22(12-9-20)34-31(41)36-27-7-5-6-14-32-27/h5-14,17,19,23-24H,15-16,18H2,1-4H3,(H,33,38)(H,35,37)(H,39,40)(H2,32,34,36,41)/t23?,24-/m0/s1. The third-order valence-electron chi connectivity index (χ3n) is 6.43. The molecule has 0 spiro atoms. The van der Waals surface area contributed by atoms with E-state index in [4.69, 9.17) is 9.47 Å². The van der Waals surface area contributed by atoms with Crippen LogP contribution in [0.5, 0.6) is 11.5 Å². The minimum Gasteiger partial charge on any atom is -0.493 e. The molecular formula is C31H37N5O7. The Morgan fingerprint density at radius 2 is 1.63 bits per heavy atom. The van der Waals surface area contributed by atoms with Crippen molar-refractivity contribution in [2.75, 3.05) is 31.4 Å². The number of anilines is 2. The summed E-state index contributed by atoms with van der Waals surface area (Å²) in [4.78, 5) is 54.2. The van der Waals surface area contributed by atoms with Crippen molar-refractivity contribution in [2.24, 2.45) is 5.92 Å². The van der Waals surface area contributed by atoms with Crippen molar-refractivity contribution in [3.63, 3.8) is 0 Å². The third kappa shape index (κ3) is 10.0. The van der Waals surface area contributed by atoms with Gasteiger partial charge in [0.15, 0.2) is 11.5 Å². The van der Waals surface area contributed by atoms with Crippen LogP contribution in [0.1, 0.15) is 37.3 Å². The zero-order valence-electron chi connectivity index (χ0n) is 24.5. The Bertz CT molecular complexity index is 1400. The van der Waals surface area contributed by atoms with E-state index in [-0.39, 0.29) is 24.8 Å². The smallest absolute Gasteiger partial charge is 0.324 e. The lowest BCUT2D eigenvalue weighted by Gasteiger charge is -2.22. The number of hydrogen-bond donors (Lipinski definition) is 5. The number of nitrogens with one attached hydrogen (secondary N) is 4. The number of carboxylic acid groups (broad SMARTS) is 1. The van der Waals surface area contributed by atoms with Crippen LogP contribution in [0, 0.1) is 5.92 Å². The molecule has 0 fully saturated rings. The number of nitrogens with zero attached hydrogens (tertiary/aromatic N) is 1. The van der Waals surface area contributed by atoms with E-state index in [1.54, 1.807) is 66.9 Å². The number of benzene rings is 2. The number of ether oxygens (including phenoxy) is 2. The number of carbonyl (C=O) groups excluding carboxylic acids is 3. The fourth-order valence-electron chi connectivity index (χ4n) is 4.30. The van der Waals surface area contributed by atoms with Gasteiger partial charge in [0, 0.05) is 18.4 Å². The molecule has 1 unspecified atom stereocenters. The molecule has 12 heteroatoms. The molecule has 0 aliphatic carbocycles. The summed E-state index contributed by atoms with van der Waals surface area (Å²) >= 11 is 0. The van der Waals surface area contributed by atoms with Crippen LogP contribution in [-0.2, 0) is 20.8 Å². The number of rotatable bonds is 14. The fraction of sp³-hybridized carbons (Fsp3) is 0.323. The van der Waals surface area contributed by atoms with Crippen molar-refractivity contribution in [3.8, 4) is 11.5 Å². The van der Waals surface area contributed by atoms with Gasteiger partial charge in [-0.1, -0.05) is 38.1 Å². The number of aliphatic carboxylic acids is 1. The second-order valence-corrected chi connectivity index (χ2v) is 10.2. The average Bonchev–Trinajstić information content (AvgIpc) is 2.97. The van der Waals surface area contributed by atoms with Gasteiger partial charge >= 0.3 is 12.0 Å². The van der Waals surface area contributed by atoms with Crippen LogP contribution in [-0.4, -0.2) is 60.7 Å². The van der Waals surface area contributed by atoms with Gasteiger partial charge in [0.2, 0.25) is 11.8 Å². The van der Waals surface area contributed by atoms with Crippen molar-refractivity contribution >= 4 is 35.3 Å². The maximum Gasteiger partial charge on any atom is 0.324 e. The molecule has 0 radical (unpaired) electrons. The second kappa shape index (κ2) is 15.8. The average molecular weight is 592 g/mol. The fourth-order valence-corrected chi connectivity index (χ4v) is 4.30. The molecule has 1 aromatic heterocycles. The molecule has 228 valence electrons. The molecule has 0 saturated heterocycles. The van der Waals surface area contributed by atoms with E-state index in [0.29, 0.717) is 40.6 Å². The third-order valence-corrected chi connectivity index (χ3v) is 6.43. The zero-order valence-corrected chi connectivity index (χ0v) is 24.5. The molecule has 2 atom stereocenters. The number of amides is 4. The Morgan fingerprint density at radius 3 is 2.23 bits per heavy atom. The number of carbonyl (C=O) groups is 4. The first-order valence-electron chi connectivity index (χ1n) is 13.7. The Kier molecular flexibility index (Phi) is 11.9. The summed E-state index contributed by atoms with van der Waals surface area (Å²) in [6, 6.07) is 15.4. The van der Waals surface area contributed by atoms with Crippen LogP contribution in [0.15, 0.2) is 66.9 Å². The predicted octanol–water partition coefficient (Wildman–Crippen LogP) is 3.80.